The molecule has 2 rings (SSSR count). The fraction of sp³-hybridized carbons (Fsp3) is 0.294. The van der Waals surface area contributed by atoms with Crippen LogP contribution in [0, 0.1) is 0 Å². The van der Waals surface area contributed by atoms with Crippen LogP contribution in [0.15, 0.2) is 42.6 Å². The summed E-state index contributed by atoms with van der Waals surface area (Å²) in [7, 11) is 0. The number of hydrogen-bond donors (Lipinski definition) is 2. The molecule has 0 radical (unpaired) electrons. The van der Waals surface area contributed by atoms with Gasteiger partial charge in [-0.25, -0.2) is 4.98 Å². The Kier molecular flexibility index (Phi) is 6.22. The average molecular weight is 318 g/mol. The minimum absolute atomic E-state index is 0.0645. The van der Waals surface area contributed by atoms with Crippen molar-refractivity contribution >= 4 is 23.3 Å². The normalized spacial score (nSPS) is 10.3. The van der Waals surface area contributed by atoms with Crippen LogP contribution < -0.4 is 10.6 Å². The summed E-state index contributed by atoms with van der Waals surface area (Å²) < 4.78 is 0. The summed E-state index contributed by atoms with van der Waals surface area (Å²) in [5, 5.41) is 6.82. The van der Waals surface area contributed by atoms with E-state index in [1.807, 2.05) is 24.3 Å². The molecule has 5 heteroatoms. The molecular weight excluding hydrogens is 298 g/mol. The van der Waals surface area contributed by atoms with Crippen LogP contribution in [0.25, 0.3) is 0 Å². The van der Waals surface area contributed by atoms with E-state index in [1.165, 1.54) is 0 Å². The minimum Gasteiger partial charge on any atom is -0.366 e. The summed E-state index contributed by atoms with van der Waals surface area (Å²) in [5.41, 5.74) is 1.72. The molecule has 0 aliphatic heterocycles. The molecule has 0 fully saturated rings. The van der Waals surface area contributed by atoms with Crippen molar-refractivity contribution in [2.24, 2.45) is 0 Å². The highest BCUT2D eigenvalue weighted by atomic mass is 35.5. The Labute approximate surface area is 135 Å². The predicted octanol–water partition coefficient (Wildman–Crippen LogP) is 3.88. The lowest BCUT2D eigenvalue weighted by molar-refractivity contribution is 0.0953. The van der Waals surface area contributed by atoms with Gasteiger partial charge in [0.1, 0.15) is 5.82 Å². The van der Waals surface area contributed by atoms with Gasteiger partial charge in [-0.15, -0.1) is 0 Å². The van der Waals surface area contributed by atoms with E-state index in [0.29, 0.717) is 29.5 Å². The molecule has 1 aromatic heterocycles. The zero-order chi connectivity index (χ0) is 15.8. The maximum absolute atomic E-state index is 12.0. The first-order valence-electron chi connectivity index (χ1n) is 7.41. The third-order valence-corrected chi connectivity index (χ3v) is 3.48. The lowest BCUT2D eigenvalue weighted by atomic mass is 10.2. The SMILES string of the molecule is CCCCNC(=O)c1ccnc(NCc2ccc(Cl)cc2)c1. The third kappa shape index (κ3) is 5.04. The highest BCUT2D eigenvalue weighted by Gasteiger charge is 2.06. The number of aromatic nitrogens is 1. The number of hydrogen-bond acceptors (Lipinski definition) is 3. The first-order chi connectivity index (χ1) is 10.7. The lowest BCUT2D eigenvalue weighted by Crippen LogP contribution is -2.24. The van der Waals surface area contributed by atoms with Crippen LogP contribution >= 0.6 is 11.6 Å². The van der Waals surface area contributed by atoms with Crippen LogP contribution in [0.3, 0.4) is 0 Å². The molecule has 2 N–H and O–H groups in total. The van der Waals surface area contributed by atoms with Crippen molar-refractivity contribution in [2.75, 3.05) is 11.9 Å². The molecular formula is C17H20ClN3O. The summed E-state index contributed by atoms with van der Waals surface area (Å²) in [5.74, 6) is 0.614. The average Bonchev–Trinajstić information content (AvgIpc) is 2.55. The van der Waals surface area contributed by atoms with Gasteiger partial charge < -0.3 is 10.6 Å². The van der Waals surface area contributed by atoms with Crippen LogP contribution in [0.2, 0.25) is 5.02 Å². The Morgan fingerprint density at radius 3 is 2.73 bits per heavy atom. The van der Waals surface area contributed by atoms with Gasteiger partial charge in [0, 0.05) is 29.9 Å². The summed E-state index contributed by atoms with van der Waals surface area (Å²) in [4.78, 5) is 16.2. The van der Waals surface area contributed by atoms with Crippen molar-refractivity contribution in [3.05, 3.63) is 58.7 Å². The zero-order valence-corrected chi connectivity index (χ0v) is 13.4. The van der Waals surface area contributed by atoms with Gasteiger partial charge in [0.25, 0.3) is 5.91 Å². The molecule has 1 heterocycles. The fourth-order valence-corrected chi connectivity index (χ4v) is 2.07. The predicted molar refractivity (Wildman–Crippen MR) is 90.3 cm³/mol. The number of carbonyl (C=O) groups is 1. The molecule has 1 amide bonds. The highest BCUT2D eigenvalue weighted by Crippen LogP contribution is 2.12. The van der Waals surface area contributed by atoms with Crippen molar-refractivity contribution in [1.29, 1.82) is 0 Å². The smallest absolute Gasteiger partial charge is 0.251 e. The highest BCUT2D eigenvalue weighted by molar-refractivity contribution is 6.30. The molecule has 22 heavy (non-hydrogen) atoms. The van der Waals surface area contributed by atoms with Gasteiger partial charge in [-0.3, -0.25) is 4.79 Å². The van der Waals surface area contributed by atoms with Crippen LogP contribution in [0.4, 0.5) is 5.82 Å². The van der Waals surface area contributed by atoms with Crippen molar-refractivity contribution in [1.82, 2.24) is 10.3 Å². The third-order valence-electron chi connectivity index (χ3n) is 3.22. The van der Waals surface area contributed by atoms with Gasteiger partial charge in [-0.1, -0.05) is 37.1 Å². The number of rotatable bonds is 7. The van der Waals surface area contributed by atoms with E-state index in [0.717, 1.165) is 18.4 Å². The van der Waals surface area contributed by atoms with E-state index in [4.69, 9.17) is 11.6 Å². The van der Waals surface area contributed by atoms with Crippen molar-refractivity contribution in [3.63, 3.8) is 0 Å². The molecule has 1 aromatic carbocycles. The maximum atomic E-state index is 12.0. The van der Waals surface area contributed by atoms with E-state index < -0.39 is 0 Å². The number of pyridine rings is 1. The number of nitrogens with zero attached hydrogens (tertiary/aromatic N) is 1. The number of halogens is 1. The number of anilines is 1. The molecule has 4 nitrogen and oxygen atoms in total. The Balaban J connectivity index is 1.93. The zero-order valence-electron chi connectivity index (χ0n) is 12.6. The van der Waals surface area contributed by atoms with Crippen LogP contribution in [-0.2, 0) is 6.54 Å². The molecule has 0 atom stereocenters. The Bertz CT molecular complexity index is 614. The number of amides is 1. The van der Waals surface area contributed by atoms with E-state index in [-0.39, 0.29) is 5.91 Å². The Hall–Kier alpha value is -2.07. The van der Waals surface area contributed by atoms with Gasteiger partial charge in [0.2, 0.25) is 0 Å². The summed E-state index contributed by atoms with van der Waals surface area (Å²) in [6.07, 6.45) is 3.68. The summed E-state index contributed by atoms with van der Waals surface area (Å²) in [6, 6.07) is 11.1. The van der Waals surface area contributed by atoms with E-state index in [2.05, 4.69) is 22.5 Å². The molecule has 0 aliphatic rings. The van der Waals surface area contributed by atoms with Crippen molar-refractivity contribution < 1.29 is 4.79 Å². The van der Waals surface area contributed by atoms with E-state index in [9.17, 15) is 4.79 Å². The van der Waals surface area contributed by atoms with Gasteiger partial charge in [-0.2, -0.15) is 0 Å². The van der Waals surface area contributed by atoms with Gasteiger partial charge in [0.05, 0.1) is 0 Å². The standard InChI is InChI=1S/C17H20ClN3O/c1-2-3-9-20-17(22)14-8-10-19-16(11-14)21-12-13-4-6-15(18)7-5-13/h4-8,10-11H,2-3,9,12H2,1H3,(H,19,21)(H,20,22). The molecule has 0 unspecified atom stereocenters. The molecule has 0 aliphatic carbocycles. The Morgan fingerprint density at radius 2 is 2.00 bits per heavy atom. The molecule has 0 bridgehead atoms. The number of carbonyl (C=O) groups excluding carboxylic acids is 1. The topological polar surface area (TPSA) is 54.0 Å². The molecule has 0 saturated carbocycles. The summed E-state index contributed by atoms with van der Waals surface area (Å²) >= 11 is 5.86. The monoisotopic (exact) mass is 317 g/mol. The molecule has 0 spiro atoms. The van der Waals surface area contributed by atoms with Gasteiger partial charge >= 0.3 is 0 Å². The van der Waals surface area contributed by atoms with Gasteiger partial charge in [-0.05, 0) is 36.2 Å². The quantitative estimate of drug-likeness (QED) is 0.762. The van der Waals surface area contributed by atoms with E-state index in [1.54, 1.807) is 18.3 Å². The molecule has 0 saturated heterocycles. The molecule has 2 aromatic rings. The van der Waals surface area contributed by atoms with Crippen LogP contribution in [0.1, 0.15) is 35.7 Å². The van der Waals surface area contributed by atoms with Crippen molar-refractivity contribution in [3.8, 4) is 0 Å². The molecule has 116 valence electrons. The van der Waals surface area contributed by atoms with Gasteiger partial charge in [0.15, 0.2) is 0 Å². The largest absolute Gasteiger partial charge is 0.366 e. The summed E-state index contributed by atoms with van der Waals surface area (Å²) in [6.45, 7) is 3.42. The minimum atomic E-state index is -0.0645. The van der Waals surface area contributed by atoms with Crippen LogP contribution in [-0.4, -0.2) is 17.4 Å². The maximum Gasteiger partial charge on any atom is 0.251 e. The second-order valence-corrected chi connectivity index (χ2v) is 5.46. The lowest BCUT2D eigenvalue weighted by Gasteiger charge is -2.08. The van der Waals surface area contributed by atoms with E-state index >= 15 is 0 Å². The first kappa shape index (κ1) is 16.3. The first-order valence-corrected chi connectivity index (χ1v) is 7.79. The number of unbranched alkanes of at least 4 members (excludes halogenated alkanes) is 1. The van der Waals surface area contributed by atoms with Crippen molar-refractivity contribution in [2.45, 2.75) is 26.3 Å². The second kappa shape index (κ2) is 8.39. The number of benzene rings is 1. The number of nitrogens with one attached hydrogen (secondary N) is 2. The second-order valence-electron chi connectivity index (χ2n) is 5.02. The Morgan fingerprint density at radius 1 is 1.23 bits per heavy atom. The van der Waals surface area contributed by atoms with Crippen LogP contribution in [0.5, 0.6) is 0 Å². The fourth-order valence-electron chi connectivity index (χ4n) is 1.94.